The van der Waals surface area contributed by atoms with Crippen LogP contribution in [0.25, 0.3) is 11.3 Å². The maximum Gasteiger partial charge on any atom is 0.258 e. The number of pyridine rings is 1. The molecule has 0 saturated heterocycles. The zero-order valence-electron chi connectivity index (χ0n) is 15.8. The van der Waals surface area contributed by atoms with Gasteiger partial charge in [0, 0.05) is 29.1 Å². The van der Waals surface area contributed by atoms with Crippen molar-refractivity contribution >= 4 is 46.6 Å². The van der Waals surface area contributed by atoms with Crippen molar-refractivity contribution in [1.82, 2.24) is 10.1 Å². The molecule has 31 heavy (non-hydrogen) atoms. The summed E-state index contributed by atoms with van der Waals surface area (Å²) in [4.78, 5) is 29.3. The van der Waals surface area contributed by atoms with Crippen molar-refractivity contribution in [2.45, 2.75) is 0 Å². The molecule has 2 N–H and O–H groups in total. The van der Waals surface area contributed by atoms with E-state index < -0.39 is 11.8 Å². The van der Waals surface area contributed by atoms with Crippen LogP contribution in [0, 0.1) is 0 Å². The van der Waals surface area contributed by atoms with E-state index in [2.05, 4.69) is 20.8 Å². The van der Waals surface area contributed by atoms with Gasteiger partial charge in [0.15, 0.2) is 0 Å². The number of benzene rings is 2. The second-order valence-corrected chi connectivity index (χ2v) is 7.20. The number of carbonyl (C=O) groups excluding carboxylic acids is 2. The standard InChI is InChI=1S/C22H14Cl2N4O3/c23-17-7-5-14(12-16(17)19-3-1-2-9-25-19)27-22(30)15-6-4-13(11-18(15)24)21(29)28-20-8-10-26-31-20/h1-12H,(H,27,30)(H,28,29). The smallest absolute Gasteiger partial charge is 0.258 e. The summed E-state index contributed by atoms with van der Waals surface area (Å²) in [6, 6.07) is 16.5. The number of aromatic nitrogens is 2. The first-order chi connectivity index (χ1) is 15.0. The van der Waals surface area contributed by atoms with E-state index in [9.17, 15) is 9.59 Å². The maximum absolute atomic E-state index is 12.7. The molecule has 0 saturated carbocycles. The van der Waals surface area contributed by atoms with Gasteiger partial charge in [-0.1, -0.05) is 34.4 Å². The lowest BCUT2D eigenvalue weighted by molar-refractivity contribution is 0.101. The topological polar surface area (TPSA) is 97.1 Å². The van der Waals surface area contributed by atoms with Gasteiger partial charge in [0.25, 0.3) is 11.8 Å². The van der Waals surface area contributed by atoms with Gasteiger partial charge < -0.3 is 9.84 Å². The molecule has 7 nitrogen and oxygen atoms in total. The lowest BCUT2D eigenvalue weighted by Gasteiger charge is -2.11. The minimum absolute atomic E-state index is 0.127. The summed E-state index contributed by atoms with van der Waals surface area (Å²) in [6.07, 6.45) is 3.07. The Morgan fingerprint density at radius 3 is 2.42 bits per heavy atom. The van der Waals surface area contributed by atoms with Crippen LogP contribution in [0.5, 0.6) is 0 Å². The Labute approximate surface area is 187 Å². The molecule has 0 bridgehead atoms. The number of halogens is 2. The zero-order chi connectivity index (χ0) is 21.8. The second kappa shape index (κ2) is 8.99. The monoisotopic (exact) mass is 452 g/mol. The maximum atomic E-state index is 12.7. The van der Waals surface area contributed by atoms with Crippen LogP contribution in [0.3, 0.4) is 0 Å². The number of carbonyl (C=O) groups is 2. The van der Waals surface area contributed by atoms with Gasteiger partial charge in [0.2, 0.25) is 5.88 Å². The van der Waals surface area contributed by atoms with E-state index in [1.807, 2.05) is 12.1 Å². The van der Waals surface area contributed by atoms with E-state index in [0.717, 1.165) is 0 Å². The van der Waals surface area contributed by atoms with E-state index in [4.69, 9.17) is 27.7 Å². The predicted molar refractivity (Wildman–Crippen MR) is 119 cm³/mol. The molecule has 2 amide bonds. The zero-order valence-corrected chi connectivity index (χ0v) is 17.3. The van der Waals surface area contributed by atoms with Gasteiger partial charge in [-0.3, -0.25) is 19.9 Å². The summed E-state index contributed by atoms with van der Waals surface area (Å²) in [5, 5.41) is 9.47. The number of nitrogens with one attached hydrogen (secondary N) is 2. The van der Waals surface area contributed by atoms with Crippen LogP contribution in [0.1, 0.15) is 20.7 Å². The molecule has 0 atom stereocenters. The lowest BCUT2D eigenvalue weighted by atomic mass is 10.1. The molecule has 154 valence electrons. The Bertz CT molecular complexity index is 1250. The van der Waals surface area contributed by atoms with Gasteiger partial charge >= 0.3 is 0 Å². The molecule has 2 aromatic carbocycles. The summed E-state index contributed by atoms with van der Waals surface area (Å²) in [6.45, 7) is 0. The highest BCUT2D eigenvalue weighted by Crippen LogP contribution is 2.29. The van der Waals surface area contributed by atoms with E-state index in [0.29, 0.717) is 22.0 Å². The number of nitrogens with zero attached hydrogens (tertiary/aromatic N) is 2. The molecule has 9 heteroatoms. The first kappa shape index (κ1) is 20.6. The van der Waals surface area contributed by atoms with Crippen molar-refractivity contribution in [3.8, 4) is 11.3 Å². The third-order valence-corrected chi connectivity index (χ3v) is 4.96. The number of hydrogen-bond donors (Lipinski definition) is 2. The highest BCUT2D eigenvalue weighted by molar-refractivity contribution is 6.35. The van der Waals surface area contributed by atoms with E-state index >= 15 is 0 Å². The van der Waals surface area contributed by atoms with Gasteiger partial charge in [-0.15, -0.1) is 0 Å². The van der Waals surface area contributed by atoms with Crippen LogP contribution >= 0.6 is 23.2 Å². The van der Waals surface area contributed by atoms with Gasteiger partial charge in [0.05, 0.1) is 27.5 Å². The minimum atomic E-state index is -0.441. The van der Waals surface area contributed by atoms with Crippen LogP contribution in [-0.2, 0) is 0 Å². The van der Waals surface area contributed by atoms with E-state index in [1.54, 1.807) is 30.5 Å². The summed E-state index contributed by atoms with van der Waals surface area (Å²) < 4.78 is 4.84. The average molecular weight is 453 g/mol. The highest BCUT2D eigenvalue weighted by Gasteiger charge is 2.16. The molecule has 0 unspecified atom stereocenters. The third kappa shape index (κ3) is 4.74. The minimum Gasteiger partial charge on any atom is -0.338 e. The first-order valence-corrected chi connectivity index (χ1v) is 9.81. The Kier molecular flexibility index (Phi) is 5.97. The molecule has 0 aliphatic carbocycles. The average Bonchev–Trinajstić information content (AvgIpc) is 3.28. The van der Waals surface area contributed by atoms with Crippen LogP contribution in [-0.4, -0.2) is 22.0 Å². The Morgan fingerprint density at radius 2 is 1.71 bits per heavy atom. The molecule has 2 aromatic heterocycles. The van der Waals surface area contributed by atoms with Crippen LogP contribution in [0.2, 0.25) is 10.0 Å². The van der Waals surface area contributed by atoms with E-state index in [-0.39, 0.29) is 22.0 Å². The number of rotatable bonds is 5. The van der Waals surface area contributed by atoms with Gasteiger partial charge in [-0.25, -0.2) is 0 Å². The number of amides is 2. The molecule has 0 radical (unpaired) electrons. The summed E-state index contributed by atoms with van der Waals surface area (Å²) in [5.41, 5.74) is 2.38. The number of anilines is 2. The fraction of sp³-hybridized carbons (Fsp3) is 0. The summed E-state index contributed by atoms with van der Waals surface area (Å²) >= 11 is 12.5. The molecule has 2 heterocycles. The quantitative estimate of drug-likeness (QED) is 0.413. The number of hydrogen-bond acceptors (Lipinski definition) is 5. The van der Waals surface area contributed by atoms with Crippen LogP contribution in [0.15, 0.2) is 77.6 Å². The van der Waals surface area contributed by atoms with Crippen LogP contribution < -0.4 is 10.6 Å². The van der Waals surface area contributed by atoms with Crippen molar-refractivity contribution in [3.63, 3.8) is 0 Å². The van der Waals surface area contributed by atoms with Crippen molar-refractivity contribution in [1.29, 1.82) is 0 Å². The van der Waals surface area contributed by atoms with Gasteiger partial charge in [-0.05, 0) is 48.5 Å². The van der Waals surface area contributed by atoms with Gasteiger partial charge in [-0.2, -0.15) is 0 Å². The molecule has 4 aromatic rings. The molecule has 0 fully saturated rings. The fourth-order valence-electron chi connectivity index (χ4n) is 2.82. The second-order valence-electron chi connectivity index (χ2n) is 6.39. The van der Waals surface area contributed by atoms with Gasteiger partial charge in [0.1, 0.15) is 0 Å². The summed E-state index contributed by atoms with van der Waals surface area (Å²) in [7, 11) is 0. The fourth-order valence-corrected chi connectivity index (χ4v) is 3.31. The summed E-state index contributed by atoms with van der Waals surface area (Å²) in [5.74, 6) is -0.667. The lowest BCUT2D eigenvalue weighted by Crippen LogP contribution is -2.15. The van der Waals surface area contributed by atoms with E-state index in [1.165, 1.54) is 30.5 Å². The largest absolute Gasteiger partial charge is 0.338 e. The first-order valence-electron chi connectivity index (χ1n) is 9.05. The Balaban J connectivity index is 1.52. The Hall–Kier alpha value is -3.68. The molecular formula is C22H14Cl2N4O3. The molecule has 4 rings (SSSR count). The molecule has 0 aliphatic heterocycles. The van der Waals surface area contributed by atoms with Crippen molar-refractivity contribution in [2.75, 3.05) is 10.6 Å². The normalized spacial score (nSPS) is 10.5. The highest BCUT2D eigenvalue weighted by atomic mass is 35.5. The predicted octanol–water partition coefficient (Wildman–Crippen LogP) is 5.55. The SMILES string of the molecule is O=C(Nc1ccno1)c1ccc(C(=O)Nc2ccc(Cl)c(-c3ccccn3)c2)c(Cl)c1. The molecule has 0 spiro atoms. The van der Waals surface area contributed by atoms with Crippen molar-refractivity contribution in [2.24, 2.45) is 0 Å². The molecular weight excluding hydrogens is 439 g/mol. The Morgan fingerprint density at radius 1 is 0.839 bits per heavy atom. The third-order valence-electron chi connectivity index (χ3n) is 4.32. The molecule has 0 aliphatic rings. The van der Waals surface area contributed by atoms with Crippen molar-refractivity contribution in [3.05, 3.63) is 94.2 Å². The van der Waals surface area contributed by atoms with Crippen LogP contribution in [0.4, 0.5) is 11.6 Å². The van der Waals surface area contributed by atoms with Crippen molar-refractivity contribution < 1.29 is 14.1 Å².